The van der Waals surface area contributed by atoms with E-state index in [0.717, 1.165) is 17.6 Å². The van der Waals surface area contributed by atoms with Crippen LogP contribution in [0.5, 0.6) is 0 Å². The maximum atomic E-state index is 11.7. The molecular formula is C14H21BrN2OS. The molecule has 0 aliphatic heterocycles. The van der Waals surface area contributed by atoms with Crippen molar-refractivity contribution in [2.45, 2.75) is 25.7 Å². The van der Waals surface area contributed by atoms with Gasteiger partial charge in [-0.2, -0.15) is 0 Å². The summed E-state index contributed by atoms with van der Waals surface area (Å²) in [6.07, 6.45) is 0. The fraction of sp³-hybridized carbons (Fsp3) is 0.500. The van der Waals surface area contributed by atoms with E-state index in [0.29, 0.717) is 12.3 Å². The summed E-state index contributed by atoms with van der Waals surface area (Å²) in [7, 11) is 0. The number of benzene rings is 1. The van der Waals surface area contributed by atoms with E-state index in [1.54, 1.807) is 11.8 Å². The highest BCUT2D eigenvalue weighted by molar-refractivity contribution is 9.10. The average Bonchev–Trinajstić information content (AvgIpc) is 2.37. The molecule has 0 saturated carbocycles. The van der Waals surface area contributed by atoms with Crippen LogP contribution in [0.15, 0.2) is 21.5 Å². The number of rotatable bonds is 7. The van der Waals surface area contributed by atoms with E-state index in [9.17, 15) is 4.79 Å². The van der Waals surface area contributed by atoms with E-state index in [1.807, 2.05) is 0 Å². The molecule has 0 bridgehead atoms. The third-order valence-electron chi connectivity index (χ3n) is 2.69. The van der Waals surface area contributed by atoms with Crippen molar-refractivity contribution < 1.29 is 4.79 Å². The number of carbonyl (C=O) groups is 1. The fourth-order valence-electron chi connectivity index (χ4n) is 1.57. The first-order valence-corrected chi connectivity index (χ1v) is 8.19. The minimum Gasteiger partial charge on any atom is -0.354 e. The van der Waals surface area contributed by atoms with Crippen LogP contribution in [0.4, 0.5) is 0 Å². The van der Waals surface area contributed by atoms with Gasteiger partial charge in [0.2, 0.25) is 5.91 Å². The number of halogens is 1. The topological polar surface area (TPSA) is 41.1 Å². The summed E-state index contributed by atoms with van der Waals surface area (Å²) in [6.45, 7) is 8.62. The van der Waals surface area contributed by atoms with Gasteiger partial charge in [0, 0.05) is 22.5 Å². The van der Waals surface area contributed by atoms with Crippen molar-refractivity contribution >= 4 is 33.6 Å². The molecule has 19 heavy (non-hydrogen) atoms. The Morgan fingerprint density at radius 1 is 1.26 bits per heavy atom. The Kier molecular flexibility index (Phi) is 7.49. The number of aryl methyl sites for hydroxylation is 2. The van der Waals surface area contributed by atoms with Gasteiger partial charge in [-0.1, -0.05) is 22.9 Å². The number of amides is 1. The van der Waals surface area contributed by atoms with Crippen LogP contribution < -0.4 is 10.6 Å². The summed E-state index contributed by atoms with van der Waals surface area (Å²) in [4.78, 5) is 12.8. The Bertz CT molecular complexity index is 438. The molecule has 1 amide bonds. The lowest BCUT2D eigenvalue weighted by Crippen LogP contribution is -2.32. The summed E-state index contributed by atoms with van der Waals surface area (Å²) in [5.41, 5.74) is 2.39. The van der Waals surface area contributed by atoms with E-state index in [4.69, 9.17) is 0 Å². The molecule has 0 aliphatic rings. The monoisotopic (exact) mass is 344 g/mol. The first-order chi connectivity index (χ1) is 9.04. The summed E-state index contributed by atoms with van der Waals surface area (Å²) in [5, 5.41) is 6.08. The quantitative estimate of drug-likeness (QED) is 0.590. The maximum Gasteiger partial charge on any atom is 0.230 e. The van der Waals surface area contributed by atoms with Gasteiger partial charge in [-0.15, -0.1) is 11.8 Å². The molecule has 1 aromatic rings. The van der Waals surface area contributed by atoms with E-state index in [-0.39, 0.29) is 5.91 Å². The predicted molar refractivity (Wildman–Crippen MR) is 85.9 cm³/mol. The molecule has 0 radical (unpaired) electrons. The van der Waals surface area contributed by atoms with Gasteiger partial charge in [0.15, 0.2) is 0 Å². The van der Waals surface area contributed by atoms with Crippen molar-refractivity contribution in [2.75, 3.05) is 25.4 Å². The largest absolute Gasteiger partial charge is 0.354 e. The molecule has 0 fully saturated rings. The summed E-state index contributed by atoms with van der Waals surface area (Å²) in [5.74, 6) is 0.552. The molecular weight excluding hydrogens is 324 g/mol. The number of hydrogen-bond acceptors (Lipinski definition) is 3. The third kappa shape index (κ3) is 5.97. The summed E-state index contributed by atoms with van der Waals surface area (Å²) in [6, 6.07) is 4.22. The lowest BCUT2D eigenvalue weighted by Gasteiger charge is -2.09. The average molecular weight is 345 g/mol. The third-order valence-corrected chi connectivity index (χ3v) is 4.70. The van der Waals surface area contributed by atoms with E-state index < -0.39 is 0 Å². The summed E-state index contributed by atoms with van der Waals surface area (Å²) >= 11 is 5.10. The SMILES string of the molecule is CCNCCNC(=O)CSc1cc(C)c(Br)cc1C. The molecule has 2 N–H and O–H groups in total. The molecule has 0 unspecified atom stereocenters. The van der Waals surface area contributed by atoms with Gasteiger partial charge in [-0.3, -0.25) is 4.79 Å². The molecule has 1 aromatic carbocycles. The number of likely N-dealkylation sites (N-methyl/N-ethyl adjacent to an activating group) is 1. The van der Waals surface area contributed by atoms with Crippen LogP contribution in [0.3, 0.4) is 0 Å². The van der Waals surface area contributed by atoms with Crippen molar-refractivity contribution in [3.8, 4) is 0 Å². The zero-order valence-electron chi connectivity index (χ0n) is 11.7. The van der Waals surface area contributed by atoms with Crippen molar-refractivity contribution in [3.63, 3.8) is 0 Å². The Morgan fingerprint density at radius 2 is 2.00 bits per heavy atom. The van der Waals surface area contributed by atoms with Crippen LogP contribution in [0.25, 0.3) is 0 Å². The molecule has 0 atom stereocenters. The molecule has 0 saturated heterocycles. The second-order valence-corrected chi connectivity index (χ2v) is 6.23. The Morgan fingerprint density at radius 3 is 2.68 bits per heavy atom. The lowest BCUT2D eigenvalue weighted by molar-refractivity contribution is -0.118. The maximum absolute atomic E-state index is 11.7. The second-order valence-electron chi connectivity index (χ2n) is 4.36. The van der Waals surface area contributed by atoms with Gasteiger partial charge in [0.25, 0.3) is 0 Å². The van der Waals surface area contributed by atoms with E-state index >= 15 is 0 Å². The fourth-order valence-corrected chi connectivity index (χ4v) is 2.96. The number of carbonyl (C=O) groups excluding carboxylic acids is 1. The number of thioether (sulfide) groups is 1. The van der Waals surface area contributed by atoms with Crippen LogP contribution in [0, 0.1) is 13.8 Å². The van der Waals surface area contributed by atoms with Crippen molar-refractivity contribution in [1.29, 1.82) is 0 Å². The van der Waals surface area contributed by atoms with Gasteiger partial charge >= 0.3 is 0 Å². The first-order valence-electron chi connectivity index (χ1n) is 6.41. The van der Waals surface area contributed by atoms with Crippen LogP contribution in [0.2, 0.25) is 0 Å². The highest BCUT2D eigenvalue weighted by Crippen LogP contribution is 2.28. The smallest absolute Gasteiger partial charge is 0.230 e. The molecule has 1 rings (SSSR count). The molecule has 5 heteroatoms. The Labute approximate surface area is 128 Å². The van der Waals surface area contributed by atoms with Gasteiger partial charge in [0.1, 0.15) is 0 Å². The first kappa shape index (κ1) is 16.5. The molecule has 0 aliphatic carbocycles. The second kappa shape index (κ2) is 8.61. The summed E-state index contributed by atoms with van der Waals surface area (Å²) < 4.78 is 1.12. The van der Waals surface area contributed by atoms with Gasteiger partial charge in [-0.05, 0) is 43.7 Å². The molecule has 106 valence electrons. The lowest BCUT2D eigenvalue weighted by atomic mass is 10.2. The van der Waals surface area contributed by atoms with Gasteiger partial charge in [0.05, 0.1) is 5.75 Å². The molecule has 3 nitrogen and oxygen atoms in total. The van der Waals surface area contributed by atoms with Gasteiger partial charge < -0.3 is 10.6 Å². The molecule has 0 aromatic heterocycles. The van der Waals surface area contributed by atoms with Crippen LogP contribution in [0.1, 0.15) is 18.1 Å². The zero-order valence-corrected chi connectivity index (χ0v) is 14.1. The highest BCUT2D eigenvalue weighted by atomic mass is 79.9. The number of nitrogens with one attached hydrogen (secondary N) is 2. The molecule has 0 spiro atoms. The van der Waals surface area contributed by atoms with Crippen molar-refractivity contribution in [2.24, 2.45) is 0 Å². The normalized spacial score (nSPS) is 10.5. The Balaban J connectivity index is 2.40. The predicted octanol–water partition coefficient (Wildman–Crippen LogP) is 2.88. The van der Waals surface area contributed by atoms with Gasteiger partial charge in [-0.25, -0.2) is 0 Å². The number of hydrogen-bond donors (Lipinski definition) is 2. The zero-order chi connectivity index (χ0) is 14.3. The minimum absolute atomic E-state index is 0.0860. The van der Waals surface area contributed by atoms with Crippen LogP contribution in [-0.4, -0.2) is 31.3 Å². The minimum atomic E-state index is 0.0860. The van der Waals surface area contributed by atoms with Crippen molar-refractivity contribution in [1.82, 2.24) is 10.6 Å². The van der Waals surface area contributed by atoms with Crippen molar-refractivity contribution in [3.05, 3.63) is 27.7 Å². The Hall–Kier alpha value is -0.520. The standard InChI is InChI=1S/C14H21BrN2OS/c1-4-16-5-6-17-14(18)9-19-13-8-10(2)12(15)7-11(13)3/h7-8,16H,4-6,9H2,1-3H3,(H,17,18). The highest BCUT2D eigenvalue weighted by Gasteiger charge is 2.06. The van der Waals surface area contributed by atoms with E-state index in [2.05, 4.69) is 59.5 Å². The van der Waals surface area contributed by atoms with Crippen LogP contribution >= 0.6 is 27.7 Å². The van der Waals surface area contributed by atoms with E-state index in [1.165, 1.54) is 16.0 Å². The van der Waals surface area contributed by atoms with Crippen LogP contribution in [-0.2, 0) is 4.79 Å². The molecule has 0 heterocycles.